The average molecular weight is 223 g/mol. The van der Waals surface area contributed by atoms with Gasteiger partial charge in [-0.3, -0.25) is 0 Å². The predicted octanol–water partition coefficient (Wildman–Crippen LogP) is -0.509. The zero-order valence-electron chi connectivity index (χ0n) is 7.67. The van der Waals surface area contributed by atoms with E-state index in [1.54, 1.807) is 12.1 Å². The molecule has 1 aromatic rings. The average Bonchev–Trinajstić information content (AvgIpc) is 2.02. The summed E-state index contributed by atoms with van der Waals surface area (Å²) in [6, 6.07) is 7.49. The maximum Gasteiger partial charge on any atom is 1.00 e. The van der Waals surface area contributed by atoms with Crippen LogP contribution in [0, 0.1) is 11.3 Å². The molecule has 0 aromatic heterocycles. The second kappa shape index (κ2) is 5.93. The largest absolute Gasteiger partial charge is 1.00 e. The van der Waals surface area contributed by atoms with Gasteiger partial charge in [0.1, 0.15) is 0 Å². The standard InChI is InChI=1S/C8H6BF3N.K/c10-9(11,12)5-7-3-1-2-4-8(7)6-13;/h1-4H,5H2;/q-1;+1. The molecule has 0 aliphatic carbocycles. The maximum atomic E-state index is 12.0. The summed E-state index contributed by atoms with van der Waals surface area (Å²) in [6.07, 6.45) is -0.982. The summed E-state index contributed by atoms with van der Waals surface area (Å²) < 4.78 is 36.0. The van der Waals surface area contributed by atoms with Gasteiger partial charge < -0.3 is 12.9 Å². The first-order valence-corrected chi connectivity index (χ1v) is 3.72. The smallest absolute Gasteiger partial charge is 0.449 e. The molecule has 0 spiro atoms. The summed E-state index contributed by atoms with van der Waals surface area (Å²) >= 11 is 0. The van der Waals surface area contributed by atoms with Crippen LogP contribution in [0.15, 0.2) is 24.3 Å². The Kier molecular flexibility index (Phi) is 6.02. The summed E-state index contributed by atoms with van der Waals surface area (Å²) in [5, 5.41) is 8.50. The van der Waals surface area contributed by atoms with Crippen molar-refractivity contribution in [2.24, 2.45) is 0 Å². The molecule has 0 fully saturated rings. The predicted molar refractivity (Wildman–Crippen MR) is 43.9 cm³/mol. The summed E-state index contributed by atoms with van der Waals surface area (Å²) in [6.45, 7) is -4.86. The van der Waals surface area contributed by atoms with Crippen molar-refractivity contribution in [3.63, 3.8) is 0 Å². The van der Waals surface area contributed by atoms with Gasteiger partial charge in [-0.05, 0) is 6.07 Å². The van der Waals surface area contributed by atoms with Crippen molar-refractivity contribution in [1.82, 2.24) is 0 Å². The first kappa shape index (κ1) is 14.2. The normalized spacial score (nSPS) is 10.1. The minimum Gasteiger partial charge on any atom is -0.449 e. The van der Waals surface area contributed by atoms with Crippen molar-refractivity contribution in [3.05, 3.63) is 35.4 Å². The molecule has 0 bridgehead atoms. The Balaban J connectivity index is 0.00000169. The van der Waals surface area contributed by atoms with Crippen molar-refractivity contribution in [2.75, 3.05) is 0 Å². The molecule has 0 amide bonds. The molecular weight excluding hydrogens is 217 g/mol. The van der Waals surface area contributed by atoms with Crippen molar-refractivity contribution < 1.29 is 64.3 Å². The van der Waals surface area contributed by atoms with Gasteiger partial charge in [0.15, 0.2) is 0 Å². The zero-order chi connectivity index (χ0) is 9.90. The molecule has 0 saturated carbocycles. The fraction of sp³-hybridized carbons (Fsp3) is 0.125. The molecule has 0 unspecified atom stereocenters. The Morgan fingerprint density at radius 1 is 1.21 bits per heavy atom. The van der Waals surface area contributed by atoms with Gasteiger partial charge in [-0.25, -0.2) is 0 Å². The van der Waals surface area contributed by atoms with E-state index >= 15 is 0 Å². The number of hydrogen-bond acceptors (Lipinski definition) is 1. The topological polar surface area (TPSA) is 23.8 Å². The summed E-state index contributed by atoms with van der Waals surface area (Å²) in [7, 11) is 0. The second-order valence-corrected chi connectivity index (χ2v) is 2.68. The summed E-state index contributed by atoms with van der Waals surface area (Å²) in [4.78, 5) is 0. The van der Waals surface area contributed by atoms with Crippen LogP contribution in [0.25, 0.3) is 0 Å². The third-order valence-electron chi connectivity index (χ3n) is 1.59. The Bertz CT molecular complexity index is 345. The molecule has 1 nitrogen and oxygen atoms in total. The third kappa shape index (κ3) is 4.62. The van der Waals surface area contributed by atoms with Gasteiger partial charge in [0.05, 0.1) is 11.6 Å². The van der Waals surface area contributed by atoms with Crippen LogP contribution in [0.2, 0.25) is 0 Å². The molecule has 1 rings (SSSR count). The molecular formula is C8H6BF3KN. The van der Waals surface area contributed by atoms with E-state index in [-0.39, 0.29) is 62.5 Å². The van der Waals surface area contributed by atoms with Crippen LogP contribution in [0.1, 0.15) is 11.1 Å². The number of hydrogen-bond donors (Lipinski definition) is 0. The first-order valence-electron chi connectivity index (χ1n) is 3.72. The van der Waals surface area contributed by atoms with Crippen LogP contribution in [0.4, 0.5) is 12.9 Å². The van der Waals surface area contributed by atoms with Gasteiger partial charge in [-0.2, -0.15) is 5.26 Å². The number of benzene rings is 1. The van der Waals surface area contributed by atoms with E-state index in [0.717, 1.165) is 0 Å². The number of nitriles is 1. The Morgan fingerprint density at radius 3 is 2.29 bits per heavy atom. The molecule has 0 heterocycles. The van der Waals surface area contributed by atoms with Crippen LogP contribution < -0.4 is 51.4 Å². The first-order chi connectivity index (χ1) is 6.03. The zero-order valence-corrected chi connectivity index (χ0v) is 10.8. The number of rotatable bonds is 2. The van der Waals surface area contributed by atoms with E-state index in [0.29, 0.717) is 0 Å². The van der Waals surface area contributed by atoms with Crippen LogP contribution >= 0.6 is 0 Å². The van der Waals surface area contributed by atoms with Crippen molar-refractivity contribution in [1.29, 1.82) is 5.26 Å². The van der Waals surface area contributed by atoms with Gasteiger partial charge in [0.25, 0.3) is 0 Å². The molecule has 0 atom stereocenters. The van der Waals surface area contributed by atoms with E-state index in [2.05, 4.69) is 0 Å². The van der Waals surface area contributed by atoms with Gasteiger partial charge in [0, 0.05) is 0 Å². The summed E-state index contributed by atoms with van der Waals surface area (Å²) in [5.41, 5.74) is 0.152. The third-order valence-corrected chi connectivity index (χ3v) is 1.59. The molecule has 14 heavy (non-hydrogen) atoms. The second-order valence-electron chi connectivity index (χ2n) is 2.68. The molecule has 0 N–H and O–H groups in total. The minimum absolute atomic E-state index is 0. The fourth-order valence-corrected chi connectivity index (χ4v) is 1.06. The van der Waals surface area contributed by atoms with Crippen LogP contribution in [0.5, 0.6) is 0 Å². The molecule has 68 valence electrons. The Morgan fingerprint density at radius 2 is 1.79 bits per heavy atom. The molecule has 0 aliphatic rings. The van der Waals surface area contributed by atoms with Crippen LogP contribution in [0.3, 0.4) is 0 Å². The van der Waals surface area contributed by atoms with Crippen molar-refractivity contribution in [2.45, 2.75) is 6.32 Å². The number of nitrogens with zero attached hydrogens (tertiary/aromatic N) is 1. The van der Waals surface area contributed by atoms with E-state index in [9.17, 15) is 12.9 Å². The minimum atomic E-state index is -4.86. The Labute approximate surface area is 123 Å². The van der Waals surface area contributed by atoms with Crippen LogP contribution in [-0.4, -0.2) is 6.98 Å². The SMILES string of the molecule is N#Cc1ccccc1C[B-](F)(F)F.[K+]. The van der Waals surface area contributed by atoms with E-state index in [1.165, 1.54) is 18.2 Å². The van der Waals surface area contributed by atoms with Crippen molar-refractivity contribution >= 4 is 6.98 Å². The van der Waals surface area contributed by atoms with E-state index in [1.807, 2.05) is 0 Å². The van der Waals surface area contributed by atoms with Gasteiger partial charge >= 0.3 is 58.4 Å². The molecule has 0 radical (unpaired) electrons. The van der Waals surface area contributed by atoms with Gasteiger partial charge in [0.2, 0.25) is 0 Å². The monoisotopic (exact) mass is 223 g/mol. The van der Waals surface area contributed by atoms with Gasteiger partial charge in [-0.1, -0.05) is 30.1 Å². The van der Waals surface area contributed by atoms with Gasteiger partial charge in [-0.15, -0.1) is 0 Å². The molecule has 0 saturated heterocycles. The van der Waals surface area contributed by atoms with E-state index in [4.69, 9.17) is 5.26 Å². The molecule has 0 aliphatic heterocycles. The fourth-order valence-electron chi connectivity index (χ4n) is 1.06. The van der Waals surface area contributed by atoms with Crippen LogP contribution in [-0.2, 0) is 6.32 Å². The number of halogens is 3. The van der Waals surface area contributed by atoms with E-state index < -0.39 is 13.3 Å². The quantitative estimate of drug-likeness (QED) is 0.619. The molecule has 1 aromatic carbocycles. The maximum absolute atomic E-state index is 12.0. The van der Waals surface area contributed by atoms with Crippen molar-refractivity contribution in [3.8, 4) is 6.07 Å². The molecule has 6 heteroatoms. The Hall–Kier alpha value is 0.201. The summed E-state index contributed by atoms with van der Waals surface area (Å²) in [5.74, 6) is 0.